The topological polar surface area (TPSA) is 66.1 Å². The van der Waals surface area contributed by atoms with Gasteiger partial charge in [0.25, 0.3) is 0 Å². The number of rotatable bonds is 7. The van der Waals surface area contributed by atoms with Crippen LogP contribution in [0.15, 0.2) is 41.5 Å². The monoisotopic (exact) mass is 487 g/mol. The molecule has 1 saturated heterocycles. The number of nitrogens with zero attached hydrogens (tertiary/aromatic N) is 3. The first kappa shape index (κ1) is 24.6. The van der Waals surface area contributed by atoms with E-state index in [0.29, 0.717) is 25.1 Å². The Morgan fingerprint density at radius 2 is 2.03 bits per heavy atom. The highest BCUT2D eigenvalue weighted by molar-refractivity contribution is 7.80. The number of para-hydroxylation sites is 1. The highest BCUT2D eigenvalue weighted by Gasteiger charge is 2.33. The van der Waals surface area contributed by atoms with Gasteiger partial charge in [-0.3, -0.25) is 10.3 Å². The predicted molar refractivity (Wildman–Crippen MR) is 119 cm³/mol. The minimum atomic E-state index is -4.79. The molecule has 0 aromatic heterocycles. The van der Waals surface area contributed by atoms with Crippen LogP contribution in [0.3, 0.4) is 0 Å². The van der Waals surface area contributed by atoms with Crippen molar-refractivity contribution in [2.75, 3.05) is 25.0 Å². The van der Waals surface area contributed by atoms with E-state index in [0.717, 1.165) is 18.3 Å². The molecule has 33 heavy (non-hydrogen) atoms. The predicted octanol–water partition coefficient (Wildman–Crippen LogP) is 3.74. The lowest BCUT2D eigenvalue weighted by Gasteiger charge is -2.26. The van der Waals surface area contributed by atoms with E-state index in [1.54, 1.807) is 24.1 Å². The fourth-order valence-corrected chi connectivity index (χ4v) is 3.69. The van der Waals surface area contributed by atoms with Crippen LogP contribution in [0.1, 0.15) is 17.5 Å². The maximum Gasteiger partial charge on any atom is 0.573 e. The van der Waals surface area contributed by atoms with Crippen molar-refractivity contribution in [1.82, 2.24) is 10.3 Å². The Morgan fingerprint density at radius 3 is 2.73 bits per heavy atom. The maximum absolute atomic E-state index is 14.7. The largest absolute Gasteiger partial charge is 0.573 e. The first-order valence-corrected chi connectivity index (χ1v) is 10.3. The van der Waals surface area contributed by atoms with Crippen molar-refractivity contribution in [3.63, 3.8) is 0 Å². The first-order valence-electron chi connectivity index (χ1n) is 9.90. The summed E-state index contributed by atoms with van der Waals surface area (Å²) in [7, 11) is 1.77. The van der Waals surface area contributed by atoms with Crippen LogP contribution in [0.25, 0.3) is 0 Å². The van der Waals surface area contributed by atoms with E-state index in [9.17, 15) is 22.0 Å². The molecule has 3 N–H and O–H groups in total. The smallest absolute Gasteiger partial charge is 0.405 e. The standard InChI is InChI=1S/C21H22F5N5OS/c1-30(11-13-4-2-3-5-19(13)32-21(24,25)26)15-6-7-31(12-15)18-9-16(22)14(8-17(18)23)10-28-29-20(27)33/h2-5,8-10,15H,6-7,11-12H2,1H3,(H3,27,29,33)/t15-/m1/s1. The number of halogens is 5. The Labute approximate surface area is 192 Å². The Morgan fingerprint density at radius 1 is 1.30 bits per heavy atom. The lowest BCUT2D eigenvalue weighted by molar-refractivity contribution is -0.275. The third kappa shape index (κ3) is 6.75. The molecule has 1 atom stereocenters. The van der Waals surface area contributed by atoms with Gasteiger partial charge < -0.3 is 15.4 Å². The summed E-state index contributed by atoms with van der Waals surface area (Å²) in [6, 6.07) is 7.95. The zero-order valence-corrected chi connectivity index (χ0v) is 18.4. The van der Waals surface area contributed by atoms with Gasteiger partial charge in [0, 0.05) is 42.9 Å². The van der Waals surface area contributed by atoms with Crippen LogP contribution < -0.4 is 20.8 Å². The molecule has 3 rings (SSSR count). The fraction of sp³-hybridized carbons (Fsp3) is 0.333. The molecular weight excluding hydrogens is 465 g/mol. The number of benzene rings is 2. The molecule has 0 radical (unpaired) electrons. The summed E-state index contributed by atoms with van der Waals surface area (Å²) in [6.45, 7) is 1.04. The van der Waals surface area contributed by atoms with Gasteiger partial charge in [-0.1, -0.05) is 18.2 Å². The van der Waals surface area contributed by atoms with Gasteiger partial charge >= 0.3 is 6.36 Å². The van der Waals surface area contributed by atoms with Gasteiger partial charge in [-0.15, -0.1) is 13.2 Å². The molecule has 1 fully saturated rings. The van der Waals surface area contributed by atoms with Gasteiger partial charge in [0.1, 0.15) is 17.4 Å². The van der Waals surface area contributed by atoms with E-state index in [1.807, 2.05) is 4.90 Å². The summed E-state index contributed by atoms with van der Waals surface area (Å²) in [5, 5.41) is 3.52. The number of hydrazone groups is 1. The van der Waals surface area contributed by atoms with Crippen LogP contribution in [0.4, 0.5) is 27.6 Å². The molecule has 178 valence electrons. The molecule has 0 bridgehead atoms. The number of hydrogen-bond acceptors (Lipinski definition) is 5. The number of nitrogens with two attached hydrogens (primary N) is 1. The highest BCUT2D eigenvalue weighted by Crippen LogP contribution is 2.30. The van der Waals surface area contributed by atoms with Crippen LogP contribution in [0.2, 0.25) is 0 Å². The SMILES string of the molecule is CN(Cc1ccccc1OC(F)(F)F)[C@@H]1CCN(c2cc(F)c(C=NNC(N)=S)cc2F)C1. The molecule has 0 aliphatic carbocycles. The summed E-state index contributed by atoms with van der Waals surface area (Å²) in [4.78, 5) is 3.57. The van der Waals surface area contributed by atoms with E-state index >= 15 is 0 Å². The minimum absolute atomic E-state index is 0.0749. The zero-order valence-electron chi connectivity index (χ0n) is 17.6. The van der Waals surface area contributed by atoms with Crippen molar-refractivity contribution < 1.29 is 26.7 Å². The van der Waals surface area contributed by atoms with Crippen LogP contribution in [-0.4, -0.2) is 48.8 Å². The van der Waals surface area contributed by atoms with Crippen LogP contribution >= 0.6 is 12.2 Å². The third-order valence-corrected chi connectivity index (χ3v) is 5.28. The minimum Gasteiger partial charge on any atom is -0.405 e. The van der Waals surface area contributed by atoms with E-state index in [-0.39, 0.29) is 34.7 Å². The maximum atomic E-state index is 14.7. The molecule has 2 aromatic carbocycles. The van der Waals surface area contributed by atoms with Crippen LogP contribution in [-0.2, 0) is 6.54 Å². The van der Waals surface area contributed by atoms with Gasteiger partial charge in [0.2, 0.25) is 0 Å². The summed E-state index contributed by atoms with van der Waals surface area (Å²) in [5.74, 6) is -1.56. The normalized spacial score (nSPS) is 16.6. The van der Waals surface area contributed by atoms with Crippen LogP contribution in [0.5, 0.6) is 5.75 Å². The third-order valence-electron chi connectivity index (χ3n) is 5.19. The molecule has 1 aliphatic rings. The summed E-state index contributed by atoms with van der Waals surface area (Å²) in [6.07, 6.45) is -3.09. The lowest BCUT2D eigenvalue weighted by Crippen LogP contribution is -2.34. The zero-order chi connectivity index (χ0) is 24.2. The van der Waals surface area contributed by atoms with Crippen molar-refractivity contribution in [2.24, 2.45) is 10.8 Å². The second-order valence-electron chi connectivity index (χ2n) is 7.52. The molecule has 2 aromatic rings. The van der Waals surface area contributed by atoms with Gasteiger partial charge in [-0.05, 0) is 37.8 Å². The number of nitrogens with one attached hydrogen (secondary N) is 1. The number of hydrogen-bond donors (Lipinski definition) is 2. The van der Waals surface area contributed by atoms with E-state index < -0.39 is 18.0 Å². The van der Waals surface area contributed by atoms with Crippen LogP contribution in [0, 0.1) is 11.6 Å². The highest BCUT2D eigenvalue weighted by atomic mass is 32.1. The molecule has 1 heterocycles. The van der Waals surface area contributed by atoms with E-state index in [2.05, 4.69) is 27.5 Å². The number of likely N-dealkylation sites (N-methyl/N-ethyl adjacent to an activating group) is 1. The Bertz CT molecular complexity index is 1030. The van der Waals surface area contributed by atoms with Gasteiger partial charge in [0.05, 0.1) is 11.9 Å². The second kappa shape index (κ2) is 10.3. The van der Waals surface area contributed by atoms with Gasteiger partial charge in [-0.2, -0.15) is 5.10 Å². The molecule has 1 aliphatic heterocycles. The molecule has 0 spiro atoms. The molecule has 6 nitrogen and oxygen atoms in total. The molecule has 0 amide bonds. The number of anilines is 1. The number of ether oxygens (including phenoxy) is 1. The van der Waals surface area contributed by atoms with Crippen molar-refractivity contribution in [3.05, 3.63) is 59.2 Å². The average Bonchev–Trinajstić information content (AvgIpc) is 3.20. The molecular formula is C21H22F5N5OS. The first-order chi connectivity index (χ1) is 15.5. The number of thiocarbonyl (C=S) groups is 1. The van der Waals surface area contributed by atoms with Crippen molar-refractivity contribution in [2.45, 2.75) is 25.4 Å². The molecule has 12 heteroatoms. The molecule has 0 unspecified atom stereocenters. The van der Waals surface area contributed by atoms with Crippen molar-refractivity contribution in [1.29, 1.82) is 0 Å². The van der Waals surface area contributed by atoms with Gasteiger partial charge in [0.15, 0.2) is 5.11 Å². The van der Waals surface area contributed by atoms with Crippen molar-refractivity contribution in [3.8, 4) is 5.75 Å². The lowest BCUT2D eigenvalue weighted by atomic mass is 10.1. The quantitative estimate of drug-likeness (QED) is 0.269. The second-order valence-corrected chi connectivity index (χ2v) is 7.96. The van der Waals surface area contributed by atoms with Gasteiger partial charge in [-0.25, -0.2) is 8.78 Å². The van der Waals surface area contributed by atoms with E-state index in [4.69, 9.17) is 5.73 Å². The Balaban J connectivity index is 1.68. The summed E-state index contributed by atoms with van der Waals surface area (Å²) in [5.41, 5.74) is 7.89. The summed E-state index contributed by atoms with van der Waals surface area (Å²) < 4.78 is 71.2. The Hall–Kier alpha value is -2.99. The number of alkyl halides is 3. The Kier molecular flexibility index (Phi) is 7.69. The average molecular weight is 487 g/mol. The van der Waals surface area contributed by atoms with E-state index in [1.165, 1.54) is 12.1 Å². The fourth-order valence-electron chi connectivity index (χ4n) is 3.64. The molecule has 0 saturated carbocycles. The van der Waals surface area contributed by atoms with Crippen molar-refractivity contribution >= 4 is 29.2 Å². The summed E-state index contributed by atoms with van der Waals surface area (Å²) >= 11 is 4.58.